The molecule has 0 aliphatic carbocycles. The molecule has 11 heteroatoms. The smallest absolute Gasteiger partial charge is 0.437 e. The van der Waals surface area contributed by atoms with Crippen LogP contribution in [0.15, 0.2) is 0 Å². The van der Waals surface area contributed by atoms with Crippen LogP contribution in [0.2, 0.25) is 0 Å². The normalized spacial score (nSPS) is 10.4. The van der Waals surface area contributed by atoms with Crippen LogP contribution in [-0.4, -0.2) is 52.5 Å². The minimum atomic E-state index is -5.21. The number of hydrogen-bond acceptors (Lipinski definition) is 8. The molecular weight excluding hydrogens is 267 g/mol. The average Bonchev–Trinajstić information content (AvgIpc) is 2.19. The Labute approximate surface area is 94.6 Å². The lowest BCUT2D eigenvalue weighted by atomic mass is 11.4. The first kappa shape index (κ1) is 17.6. The predicted octanol–water partition coefficient (Wildman–Crippen LogP) is -0.374. The largest absolute Gasteiger partial charge is 0.525 e. The molecule has 0 aromatic rings. The second kappa shape index (κ2) is 9.47. The summed E-state index contributed by atoms with van der Waals surface area (Å²) >= 11 is 0. The molecule has 0 aromatic carbocycles. The van der Waals surface area contributed by atoms with Gasteiger partial charge in [0.1, 0.15) is 0 Å². The first-order valence-corrected chi connectivity index (χ1v) is 6.33. The summed E-state index contributed by atoms with van der Waals surface area (Å²) in [4.78, 5) is 9.76. The van der Waals surface area contributed by atoms with Crippen LogP contribution < -0.4 is 0 Å². The Balaban J connectivity index is 0. The van der Waals surface area contributed by atoms with E-state index in [0.717, 1.165) is 7.11 Å². The van der Waals surface area contributed by atoms with E-state index in [4.69, 9.17) is 13.3 Å². The van der Waals surface area contributed by atoms with Gasteiger partial charge in [0.15, 0.2) is 0 Å². The molecule has 0 amide bonds. The highest BCUT2D eigenvalue weighted by Gasteiger charge is 2.14. The summed E-state index contributed by atoms with van der Waals surface area (Å²) < 4.78 is 51.0. The molecule has 16 heavy (non-hydrogen) atoms. The second-order valence-electron chi connectivity index (χ2n) is 1.93. The molecule has 8 nitrogen and oxygen atoms in total. The van der Waals surface area contributed by atoms with E-state index in [9.17, 15) is 17.1 Å². The van der Waals surface area contributed by atoms with E-state index in [0.29, 0.717) is 0 Å². The van der Waals surface area contributed by atoms with E-state index in [2.05, 4.69) is 8.92 Å². The van der Waals surface area contributed by atoms with Crippen molar-refractivity contribution in [1.82, 2.24) is 0 Å². The van der Waals surface area contributed by atoms with E-state index >= 15 is 0 Å². The van der Waals surface area contributed by atoms with E-state index in [1.165, 1.54) is 0 Å². The maximum absolute atomic E-state index is 11.3. The number of ether oxygens (including phenoxy) is 1. The zero-order chi connectivity index (χ0) is 13.2. The minimum absolute atomic E-state index is 0.855. The molecule has 0 atom stereocenters. The lowest BCUT2D eigenvalue weighted by Gasteiger charge is -2.05. The molecule has 0 saturated carbocycles. The van der Waals surface area contributed by atoms with Crippen LogP contribution in [0.25, 0.3) is 0 Å². The van der Waals surface area contributed by atoms with Crippen LogP contribution in [-0.2, 0) is 32.7 Å². The zero-order valence-electron chi connectivity index (χ0n) is 9.13. The summed E-state index contributed by atoms with van der Waals surface area (Å²) in [7, 11) is -1.31. The summed E-state index contributed by atoms with van der Waals surface area (Å²) in [5.74, 6) is 0. The van der Waals surface area contributed by atoms with E-state index in [1.807, 2.05) is 0 Å². The number of hydrogen-bond donors (Lipinski definition) is 0. The SMILES string of the molecule is COC(=O)OS(=O)(=O)F.CO[SiH](OC)OC. The van der Waals surface area contributed by atoms with Crippen molar-refractivity contribution in [2.75, 3.05) is 28.4 Å². The summed E-state index contributed by atoms with van der Waals surface area (Å²) in [5, 5.41) is 0. The lowest BCUT2D eigenvalue weighted by molar-refractivity contribution is 0.121. The molecule has 0 unspecified atom stereocenters. The summed E-state index contributed by atoms with van der Waals surface area (Å²) in [6, 6.07) is 0. The van der Waals surface area contributed by atoms with Crippen LogP contribution in [0.1, 0.15) is 0 Å². The Bertz CT molecular complexity index is 271. The molecule has 98 valence electrons. The van der Waals surface area contributed by atoms with Crippen molar-refractivity contribution in [2.45, 2.75) is 0 Å². The molecule has 0 bridgehead atoms. The fourth-order valence-corrected chi connectivity index (χ4v) is 1.21. The van der Waals surface area contributed by atoms with Crippen molar-refractivity contribution < 1.29 is 39.3 Å². The molecule has 0 aromatic heterocycles. The van der Waals surface area contributed by atoms with Crippen LogP contribution in [0.4, 0.5) is 8.68 Å². The first-order valence-electron chi connectivity index (χ1n) is 3.61. The van der Waals surface area contributed by atoms with E-state index in [1.54, 1.807) is 21.3 Å². The highest BCUT2D eigenvalue weighted by molar-refractivity contribution is 7.81. The summed E-state index contributed by atoms with van der Waals surface area (Å²) in [5.41, 5.74) is 0. The van der Waals surface area contributed by atoms with Gasteiger partial charge in [-0.3, -0.25) is 4.18 Å². The molecule has 0 radical (unpaired) electrons. The van der Waals surface area contributed by atoms with Crippen molar-refractivity contribution >= 4 is 26.2 Å². The summed E-state index contributed by atoms with van der Waals surface area (Å²) in [6.45, 7) is 0. The second-order valence-corrected chi connectivity index (χ2v) is 4.87. The molecular formula is C5H13FO8SSi. The maximum Gasteiger partial charge on any atom is 0.525 e. The molecule has 0 fully saturated rings. The number of halogens is 1. The molecule has 0 aliphatic rings. The van der Waals surface area contributed by atoms with Gasteiger partial charge in [-0.1, -0.05) is 3.89 Å². The van der Waals surface area contributed by atoms with E-state index in [-0.39, 0.29) is 0 Å². The Kier molecular flexibility index (Phi) is 10.4. The predicted molar refractivity (Wildman–Crippen MR) is 51.7 cm³/mol. The molecule has 0 rings (SSSR count). The standard InChI is InChI=1S/C3H10O3Si.C2H3FO5S/c1-4-7(5-2)6-3;1-7-2(4)8-9(3,5)6/h7H,1-3H3;1H3. The Morgan fingerprint density at radius 1 is 1.06 bits per heavy atom. The van der Waals surface area contributed by atoms with Gasteiger partial charge < -0.3 is 18.0 Å². The first-order chi connectivity index (χ1) is 7.30. The third-order valence-electron chi connectivity index (χ3n) is 0.912. The van der Waals surface area contributed by atoms with Crippen molar-refractivity contribution in [1.29, 1.82) is 0 Å². The van der Waals surface area contributed by atoms with Gasteiger partial charge >= 0.3 is 26.2 Å². The van der Waals surface area contributed by atoms with Crippen LogP contribution in [0.5, 0.6) is 0 Å². The van der Waals surface area contributed by atoms with Gasteiger partial charge in [-0.25, -0.2) is 4.79 Å². The third-order valence-corrected chi connectivity index (χ3v) is 2.40. The monoisotopic (exact) mass is 280 g/mol. The topological polar surface area (TPSA) is 97.4 Å². The fraction of sp³-hybridized carbons (Fsp3) is 0.800. The number of methoxy groups -OCH3 is 1. The van der Waals surface area contributed by atoms with Crippen LogP contribution in [0.3, 0.4) is 0 Å². The highest BCUT2D eigenvalue weighted by Crippen LogP contribution is 1.94. The van der Waals surface area contributed by atoms with Gasteiger partial charge in [-0.05, 0) is 0 Å². The van der Waals surface area contributed by atoms with Gasteiger partial charge in [0.05, 0.1) is 7.11 Å². The van der Waals surface area contributed by atoms with Crippen molar-refractivity contribution in [3.05, 3.63) is 0 Å². The Hall–Kier alpha value is -0.753. The minimum Gasteiger partial charge on any atom is -0.437 e. The quantitative estimate of drug-likeness (QED) is 0.391. The van der Waals surface area contributed by atoms with Crippen LogP contribution >= 0.6 is 0 Å². The van der Waals surface area contributed by atoms with Gasteiger partial charge in [0.2, 0.25) is 0 Å². The fourth-order valence-electron chi connectivity index (χ4n) is 0.404. The molecule has 0 N–H and O–H groups in total. The van der Waals surface area contributed by atoms with Crippen molar-refractivity contribution in [3.8, 4) is 0 Å². The number of carbonyl (C=O) groups excluding carboxylic acids is 1. The van der Waals surface area contributed by atoms with Gasteiger partial charge in [0.25, 0.3) is 0 Å². The summed E-state index contributed by atoms with van der Waals surface area (Å²) in [6.07, 6.45) is -1.60. The average molecular weight is 280 g/mol. The maximum atomic E-state index is 11.3. The number of rotatable bonds is 4. The van der Waals surface area contributed by atoms with Gasteiger partial charge in [0, 0.05) is 21.3 Å². The Morgan fingerprint density at radius 2 is 1.44 bits per heavy atom. The zero-order valence-corrected chi connectivity index (χ0v) is 11.1. The van der Waals surface area contributed by atoms with Crippen LogP contribution in [0, 0.1) is 0 Å². The van der Waals surface area contributed by atoms with Crippen molar-refractivity contribution in [2.24, 2.45) is 0 Å². The third kappa shape index (κ3) is 13.2. The van der Waals surface area contributed by atoms with Gasteiger partial charge in [-0.15, -0.1) is 0 Å². The van der Waals surface area contributed by atoms with E-state index < -0.39 is 26.2 Å². The lowest BCUT2D eigenvalue weighted by Crippen LogP contribution is -2.21. The highest BCUT2D eigenvalue weighted by atomic mass is 32.3. The molecule has 0 saturated heterocycles. The molecule has 0 spiro atoms. The molecule has 0 aliphatic heterocycles. The van der Waals surface area contributed by atoms with Gasteiger partial charge in [-0.2, -0.15) is 8.42 Å². The Morgan fingerprint density at radius 3 is 1.50 bits per heavy atom. The van der Waals surface area contributed by atoms with Crippen molar-refractivity contribution in [3.63, 3.8) is 0 Å². The molecule has 0 heterocycles. The number of carbonyl (C=O) groups is 1.